The third kappa shape index (κ3) is 3.11. The number of hydrogen-bond donors (Lipinski definition) is 0. The Morgan fingerprint density at radius 2 is 1.85 bits per heavy atom. The summed E-state index contributed by atoms with van der Waals surface area (Å²) < 4.78 is 5.86. The highest BCUT2D eigenvalue weighted by molar-refractivity contribution is 5.82. The molecule has 0 bridgehead atoms. The predicted octanol–water partition coefficient (Wildman–Crippen LogP) is 2.60. The number of ether oxygens (including phenoxy) is 1. The highest BCUT2D eigenvalue weighted by Gasteiger charge is 2.33. The number of anilines is 1. The van der Waals surface area contributed by atoms with E-state index in [0.717, 1.165) is 43.1 Å². The summed E-state index contributed by atoms with van der Waals surface area (Å²) in [7, 11) is 0. The van der Waals surface area contributed by atoms with Crippen LogP contribution in [-0.4, -0.2) is 43.1 Å². The first kappa shape index (κ1) is 16.5. The zero-order valence-corrected chi connectivity index (χ0v) is 14.6. The Morgan fingerprint density at radius 3 is 2.69 bits per heavy atom. The lowest BCUT2D eigenvalue weighted by molar-refractivity contribution is -0.137. The lowest BCUT2D eigenvalue weighted by Crippen LogP contribution is -2.43. The van der Waals surface area contributed by atoms with Gasteiger partial charge in [0.25, 0.3) is 5.91 Å². The number of para-hydroxylation sites is 2. The molecule has 5 heteroatoms. The molecule has 0 N–H and O–H groups in total. The minimum atomic E-state index is -0.412. The van der Waals surface area contributed by atoms with E-state index in [0.29, 0.717) is 18.5 Å². The number of rotatable bonds is 2. The topological polar surface area (TPSA) is 56.6 Å². The monoisotopic (exact) mass is 347 g/mol. The Bertz CT molecular complexity index is 833. The van der Waals surface area contributed by atoms with Crippen molar-refractivity contribution in [2.24, 2.45) is 0 Å². The van der Waals surface area contributed by atoms with E-state index in [-0.39, 0.29) is 5.91 Å². The van der Waals surface area contributed by atoms with Gasteiger partial charge in [-0.3, -0.25) is 4.79 Å². The van der Waals surface area contributed by atoms with E-state index in [2.05, 4.69) is 11.0 Å². The summed E-state index contributed by atoms with van der Waals surface area (Å²) in [6, 6.07) is 17.8. The minimum absolute atomic E-state index is 0.0663. The van der Waals surface area contributed by atoms with Crippen LogP contribution in [0.25, 0.3) is 0 Å². The first-order valence-electron chi connectivity index (χ1n) is 9.03. The van der Waals surface area contributed by atoms with Gasteiger partial charge in [0.15, 0.2) is 6.10 Å². The third-order valence-electron chi connectivity index (χ3n) is 5.10. The second-order valence-electron chi connectivity index (χ2n) is 6.71. The molecule has 0 unspecified atom stereocenters. The van der Waals surface area contributed by atoms with Crippen molar-refractivity contribution in [3.05, 3.63) is 59.7 Å². The first-order valence-corrected chi connectivity index (χ1v) is 9.03. The van der Waals surface area contributed by atoms with Crippen LogP contribution >= 0.6 is 0 Å². The van der Waals surface area contributed by atoms with Crippen molar-refractivity contribution < 1.29 is 9.53 Å². The summed E-state index contributed by atoms with van der Waals surface area (Å²) in [5.74, 6) is 0.891. The van der Waals surface area contributed by atoms with Gasteiger partial charge in [0.1, 0.15) is 11.8 Å². The molecule has 26 heavy (non-hydrogen) atoms. The Morgan fingerprint density at radius 1 is 1.04 bits per heavy atom. The van der Waals surface area contributed by atoms with Crippen molar-refractivity contribution in [1.82, 2.24) is 4.90 Å². The van der Waals surface area contributed by atoms with Gasteiger partial charge >= 0.3 is 0 Å². The SMILES string of the molecule is N#Cc1ccccc1N1CCCN(C(=O)[C@H]2Cc3ccccc3O2)CC1. The molecule has 2 heterocycles. The molecule has 0 aromatic heterocycles. The average molecular weight is 347 g/mol. The maximum atomic E-state index is 12.9. The van der Waals surface area contributed by atoms with Crippen LogP contribution in [0.3, 0.4) is 0 Å². The smallest absolute Gasteiger partial charge is 0.264 e. The van der Waals surface area contributed by atoms with Crippen molar-refractivity contribution in [1.29, 1.82) is 5.26 Å². The van der Waals surface area contributed by atoms with E-state index in [1.807, 2.05) is 53.4 Å². The van der Waals surface area contributed by atoms with E-state index >= 15 is 0 Å². The Kier molecular flexibility index (Phi) is 4.49. The Hall–Kier alpha value is -3.00. The first-order chi connectivity index (χ1) is 12.8. The van der Waals surface area contributed by atoms with E-state index in [1.54, 1.807) is 0 Å². The molecule has 2 aliphatic heterocycles. The van der Waals surface area contributed by atoms with Crippen LogP contribution in [0.4, 0.5) is 5.69 Å². The maximum absolute atomic E-state index is 12.9. The lowest BCUT2D eigenvalue weighted by atomic mass is 10.1. The molecule has 4 rings (SSSR count). The molecule has 1 atom stereocenters. The number of nitrogens with zero attached hydrogens (tertiary/aromatic N) is 3. The fraction of sp³-hybridized carbons (Fsp3) is 0.333. The highest BCUT2D eigenvalue weighted by atomic mass is 16.5. The summed E-state index contributed by atoms with van der Waals surface area (Å²) in [6.07, 6.45) is 1.11. The molecule has 1 saturated heterocycles. The van der Waals surface area contributed by atoms with Crippen LogP contribution in [0.5, 0.6) is 5.75 Å². The minimum Gasteiger partial charge on any atom is -0.480 e. The Balaban J connectivity index is 1.43. The van der Waals surface area contributed by atoms with Crippen LogP contribution < -0.4 is 9.64 Å². The quantitative estimate of drug-likeness (QED) is 0.838. The molecular formula is C21H21N3O2. The molecular weight excluding hydrogens is 326 g/mol. The van der Waals surface area contributed by atoms with Gasteiger partial charge in [0.2, 0.25) is 0 Å². The van der Waals surface area contributed by atoms with Gasteiger partial charge in [-0.25, -0.2) is 0 Å². The van der Waals surface area contributed by atoms with E-state index < -0.39 is 6.10 Å². The summed E-state index contributed by atoms with van der Waals surface area (Å²) >= 11 is 0. The maximum Gasteiger partial charge on any atom is 0.264 e. The number of nitriles is 1. The van der Waals surface area contributed by atoms with Gasteiger partial charge in [-0.15, -0.1) is 0 Å². The molecule has 0 spiro atoms. The normalized spacial score (nSPS) is 19.3. The van der Waals surface area contributed by atoms with Gasteiger partial charge < -0.3 is 14.5 Å². The predicted molar refractivity (Wildman–Crippen MR) is 99.1 cm³/mol. The zero-order chi connectivity index (χ0) is 17.9. The third-order valence-corrected chi connectivity index (χ3v) is 5.10. The average Bonchev–Trinajstić information content (AvgIpc) is 2.97. The van der Waals surface area contributed by atoms with Crippen LogP contribution in [0, 0.1) is 11.3 Å². The molecule has 0 radical (unpaired) electrons. The number of carbonyl (C=O) groups is 1. The van der Waals surface area contributed by atoms with Crippen molar-refractivity contribution in [3.63, 3.8) is 0 Å². The summed E-state index contributed by atoms with van der Waals surface area (Å²) in [6.45, 7) is 2.94. The van der Waals surface area contributed by atoms with Gasteiger partial charge in [-0.05, 0) is 30.2 Å². The van der Waals surface area contributed by atoms with Crippen LogP contribution in [0.15, 0.2) is 48.5 Å². The summed E-state index contributed by atoms with van der Waals surface area (Å²) in [5.41, 5.74) is 2.74. The largest absolute Gasteiger partial charge is 0.480 e. The van der Waals surface area contributed by atoms with Crippen LogP contribution in [-0.2, 0) is 11.2 Å². The zero-order valence-electron chi connectivity index (χ0n) is 14.6. The van der Waals surface area contributed by atoms with Gasteiger partial charge in [0.05, 0.1) is 11.3 Å². The van der Waals surface area contributed by atoms with Gasteiger partial charge in [-0.1, -0.05) is 30.3 Å². The van der Waals surface area contributed by atoms with E-state index in [1.165, 1.54) is 0 Å². The van der Waals surface area contributed by atoms with Gasteiger partial charge in [-0.2, -0.15) is 5.26 Å². The molecule has 1 amide bonds. The molecule has 5 nitrogen and oxygen atoms in total. The molecule has 1 fully saturated rings. The molecule has 2 aromatic carbocycles. The van der Waals surface area contributed by atoms with Crippen molar-refractivity contribution in [3.8, 4) is 11.8 Å². The second-order valence-corrected chi connectivity index (χ2v) is 6.71. The summed E-state index contributed by atoms with van der Waals surface area (Å²) in [5, 5.41) is 9.33. The molecule has 0 aliphatic carbocycles. The number of benzene rings is 2. The van der Waals surface area contributed by atoms with Crippen molar-refractivity contribution in [2.45, 2.75) is 18.9 Å². The number of fused-ring (bicyclic) bond motifs is 1. The van der Waals surface area contributed by atoms with Crippen LogP contribution in [0.1, 0.15) is 17.5 Å². The van der Waals surface area contributed by atoms with Gasteiger partial charge in [0, 0.05) is 32.6 Å². The second kappa shape index (κ2) is 7.09. The van der Waals surface area contributed by atoms with Crippen molar-refractivity contribution >= 4 is 11.6 Å². The fourth-order valence-electron chi connectivity index (χ4n) is 3.75. The number of amides is 1. The number of carbonyl (C=O) groups excluding carboxylic acids is 1. The molecule has 2 aliphatic rings. The Labute approximate surface area is 153 Å². The van der Waals surface area contributed by atoms with E-state index in [4.69, 9.17) is 4.74 Å². The van der Waals surface area contributed by atoms with Crippen LogP contribution in [0.2, 0.25) is 0 Å². The standard InChI is InChI=1S/C21H21N3O2/c22-15-17-7-1-3-8-18(17)23-10-5-11-24(13-12-23)21(25)20-14-16-6-2-4-9-19(16)26-20/h1-4,6-9,20H,5,10-14H2/t20-/m1/s1. The van der Waals surface area contributed by atoms with Crippen molar-refractivity contribution in [2.75, 3.05) is 31.1 Å². The number of hydrogen-bond acceptors (Lipinski definition) is 4. The lowest BCUT2D eigenvalue weighted by Gasteiger charge is -2.25. The molecule has 2 aromatic rings. The summed E-state index contributed by atoms with van der Waals surface area (Å²) in [4.78, 5) is 17.0. The molecule has 0 saturated carbocycles. The van der Waals surface area contributed by atoms with E-state index in [9.17, 15) is 10.1 Å². The fourth-order valence-corrected chi connectivity index (χ4v) is 3.75. The highest BCUT2D eigenvalue weighted by Crippen LogP contribution is 2.29. The molecule has 132 valence electrons.